The molecule has 0 aliphatic carbocycles. The number of thioether (sulfide) groups is 1. The lowest BCUT2D eigenvalue weighted by molar-refractivity contribution is 0.102. The highest BCUT2D eigenvalue weighted by atomic mass is 32.2. The number of H-pyrrole nitrogens is 1. The number of benzene rings is 2. The lowest BCUT2D eigenvalue weighted by Crippen LogP contribution is -2.16. The second-order valence-electron chi connectivity index (χ2n) is 6.64. The third-order valence-electron chi connectivity index (χ3n) is 4.71. The quantitative estimate of drug-likeness (QED) is 0.284. The molecule has 30 heavy (non-hydrogen) atoms. The number of nitrogens with one attached hydrogen (secondary N) is 1. The summed E-state index contributed by atoms with van der Waals surface area (Å²) >= 11 is 2.64. The van der Waals surface area contributed by atoms with Crippen LogP contribution in [-0.2, 0) is 0 Å². The summed E-state index contributed by atoms with van der Waals surface area (Å²) in [5.74, 6) is 1.31. The van der Waals surface area contributed by atoms with Gasteiger partial charge >= 0.3 is 0 Å². The van der Waals surface area contributed by atoms with Gasteiger partial charge < -0.3 is 14.5 Å². The van der Waals surface area contributed by atoms with Crippen LogP contribution in [0.3, 0.4) is 0 Å². The van der Waals surface area contributed by atoms with Crippen LogP contribution in [0.25, 0.3) is 21.3 Å². The van der Waals surface area contributed by atoms with Gasteiger partial charge in [0.1, 0.15) is 18.0 Å². The van der Waals surface area contributed by atoms with Crippen LogP contribution in [0.1, 0.15) is 10.4 Å². The minimum atomic E-state index is -0.200. The number of aromatic amines is 1. The largest absolute Gasteiger partial charge is 0.486 e. The average Bonchev–Trinajstić information content (AvgIpc) is 3.22. The molecule has 5 rings (SSSR count). The van der Waals surface area contributed by atoms with Gasteiger partial charge in [-0.05, 0) is 23.8 Å². The van der Waals surface area contributed by atoms with E-state index in [9.17, 15) is 9.59 Å². The molecule has 2 aromatic heterocycles. The topological polar surface area (TPSA) is 81.3 Å². The average molecular weight is 437 g/mol. The van der Waals surface area contributed by atoms with Gasteiger partial charge in [-0.2, -0.15) is 0 Å². The number of thiophene rings is 1. The number of hydrogen-bond acceptors (Lipinski definition) is 7. The number of Topliss-reactive ketones (excluding diaryl/α,β-unsaturated/α-hetero) is 1. The highest BCUT2D eigenvalue weighted by molar-refractivity contribution is 7.99. The van der Waals surface area contributed by atoms with Crippen molar-refractivity contribution < 1.29 is 14.3 Å². The Hall–Kier alpha value is -3.10. The first-order chi connectivity index (χ1) is 14.7. The Bertz CT molecular complexity index is 1300. The predicted octanol–water partition coefficient (Wildman–Crippen LogP) is 4.40. The molecule has 6 nitrogen and oxygen atoms in total. The monoisotopic (exact) mass is 436 g/mol. The first kappa shape index (κ1) is 18.9. The van der Waals surface area contributed by atoms with Crippen molar-refractivity contribution in [3.8, 4) is 22.6 Å². The summed E-state index contributed by atoms with van der Waals surface area (Å²) in [6.07, 6.45) is 0. The molecule has 2 aromatic carbocycles. The molecule has 8 heteroatoms. The molecule has 0 unspecified atom stereocenters. The molecule has 150 valence electrons. The van der Waals surface area contributed by atoms with Gasteiger partial charge in [-0.15, -0.1) is 11.3 Å². The van der Waals surface area contributed by atoms with E-state index in [-0.39, 0.29) is 17.1 Å². The maximum absolute atomic E-state index is 12.7. The van der Waals surface area contributed by atoms with Crippen molar-refractivity contribution >= 4 is 39.1 Å². The van der Waals surface area contributed by atoms with Gasteiger partial charge in [-0.1, -0.05) is 42.1 Å². The van der Waals surface area contributed by atoms with Crippen LogP contribution >= 0.6 is 23.1 Å². The van der Waals surface area contributed by atoms with Crippen molar-refractivity contribution in [1.82, 2.24) is 9.97 Å². The van der Waals surface area contributed by atoms with E-state index in [0.717, 1.165) is 11.1 Å². The van der Waals surface area contributed by atoms with Gasteiger partial charge in [-0.3, -0.25) is 9.59 Å². The zero-order chi connectivity index (χ0) is 20.5. The van der Waals surface area contributed by atoms with Crippen LogP contribution < -0.4 is 15.0 Å². The Labute approximate surface area is 179 Å². The molecule has 0 bridgehead atoms. The summed E-state index contributed by atoms with van der Waals surface area (Å²) in [4.78, 5) is 33.3. The molecule has 4 aromatic rings. The Balaban J connectivity index is 1.36. The molecule has 0 saturated heterocycles. The van der Waals surface area contributed by atoms with Gasteiger partial charge in [0.15, 0.2) is 22.4 Å². The second-order valence-corrected chi connectivity index (χ2v) is 8.46. The fraction of sp³-hybridized carbons (Fsp3) is 0.136. The smallest absolute Gasteiger partial charge is 0.260 e. The summed E-state index contributed by atoms with van der Waals surface area (Å²) in [5.41, 5.74) is 2.19. The predicted molar refractivity (Wildman–Crippen MR) is 118 cm³/mol. The summed E-state index contributed by atoms with van der Waals surface area (Å²) in [7, 11) is 0. The van der Waals surface area contributed by atoms with E-state index in [1.165, 1.54) is 23.1 Å². The van der Waals surface area contributed by atoms with Gasteiger partial charge in [0.25, 0.3) is 5.56 Å². The number of carbonyl (C=O) groups is 1. The van der Waals surface area contributed by atoms with E-state index in [1.807, 2.05) is 35.7 Å². The number of ether oxygens (including phenoxy) is 2. The van der Waals surface area contributed by atoms with Crippen molar-refractivity contribution in [2.45, 2.75) is 5.16 Å². The number of carbonyl (C=O) groups excluding carboxylic acids is 1. The van der Waals surface area contributed by atoms with Crippen molar-refractivity contribution in [3.05, 3.63) is 69.8 Å². The maximum atomic E-state index is 12.7. The fourth-order valence-electron chi connectivity index (χ4n) is 3.26. The van der Waals surface area contributed by atoms with Crippen LogP contribution in [0.5, 0.6) is 11.5 Å². The van der Waals surface area contributed by atoms with Gasteiger partial charge in [0, 0.05) is 16.5 Å². The van der Waals surface area contributed by atoms with Gasteiger partial charge in [0.2, 0.25) is 0 Å². The standard InChI is InChI=1S/C22H16N2O4S2/c25-16(14-6-7-17-18(10-14)28-9-8-27-17)12-30-22-23-20(26)19-15(11-29-21(19)24-22)13-4-2-1-3-5-13/h1-7,10-11H,8-9,12H2,(H,23,24,26). The summed E-state index contributed by atoms with van der Waals surface area (Å²) in [6.45, 7) is 0.975. The minimum absolute atomic E-state index is 0.0733. The lowest BCUT2D eigenvalue weighted by atomic mass is 10.1. The third-order valence-corrected chi connectivity index (χ3v) is 6.46. The molecule has 0 atom stereocenters. The van der Waals surface area contributed by atoms with Crippen LogP contribution in [0.15, 0.2) is 63.9 Å². The van der Waals surface area contributed by atoms with Gasteiger partial charge in [-0.25, -0.2) is 4.98 Å². The lowest BCUT2D eigenvalue weighted by Gasteiger charge is -2.18. The number of fused-ring (bicyclic) bond motifs is 2. The molecular formula is C22H16N2O4S2. The number of hydrogen-bond donors (Lipinski definition) is 1. The second kappa shape index (κ2) is 7.97. The summed E-state index contributed by atoms with van der Waals surface area (Å²) < 4.78 is 11.0. The zero-order valence-electron chi connectivity index (χ0n) is 15.7. The van der Waals surface area contributed by atoms with Crippen LogP contribution in [0.2, 0.25) is 0 Å². The molecule has 3 heterocycles. The molecule has 1 aliphatic rings. The number of nitrogens with zero attached hydrogens (tertiary/aromatic N) is 1. The summed E-state index contributed by atoms with van der Waals surface area (Å²) in [5, 5.41) is 2.95. The van der Waals surface area contributed by atoms with E-state index < -0.39 is 0 Å². The van der Waals surface area contributed by atoms with E-state index in [1.54, 1.807) is 18.2 Å². The van der Waals surface area contributed by atoms with Crippen molar-refractivity contribution in [2.75, 3.05) is 19.0 Å². The van der Waals surface area contributed by atoms with E-state index in [4.69, 9.17) is 9.47 Å². The highest BCUT2D eigenvalue weighted by Gasteiger charge is 2.17. The first-order valence-corrected chi connectivity index (χ1v) is 11.2. The van der Waals surface area contributed by atoms with Crippen molar-refractivity contribution in [2.24, 2.45) is 0 Å². The molecule has 0 amide bonds. The maximum Gasteiger partial charge on any atom is 0.260 e. The van der Waals surface area contributed by atoms with Crippen LogP contribution in [0, 0.1) is 0 Å². The Morgan fingerprint density at radius 3 is 2.73 bits per heavy atom. The number of aromatic nitrogens is 2. The van der Waals surface area contributed by atoms with E-state index in [2.05, 4.69) is 9.97 Å². The normalized spacial score (nSPS) is 12.8. The van der Waals surface area contributed by atoms with Crippen molar-refractivity contribution in [1.29, 1.82) is 0 Å². The molecule has 0 fully saturated rings. The Kier molecular flexibility index (Phi) is 5.02. The number of ketones is 1. The van der Waals surface area contributed by atoms with Gasteiger partial charge in [0.05, 0.1) is 11.1 Å². The first-order valence-electron chi connectivity index (χ1n) is 9.31. The fourth-order valence-corrected chi connectivity index (χ4v) is 5.02. The van der Waals surface area contributed by atoms with E-state index in [0.29, 0.717) is 45.6 Å². The SMILES string of the molecule is O=C(CSc1nc2scc(-c3ccccc3)c2c(=O)[nH]1)c1ccc2c(c1)OCCO2. The minimum Gasteiger partial charge on any atom is -0.486 e. The number of rotatable bonds is 5. The molecule has 0 radical (unpaired) electrons. The highest BCUT2D eigenvalue weighted by Crippen LogP contribution is 2.33. The molecule has 1 N–H and O–H groups in total. The van der Waals surface area contributed by atoms with E-state index >= 15 is 0 Å². The third kappa shape index (κ3) is 3.59. The van der Waals surface area contributed by atoms with Crippen LogP contribution in [-0.4, -0.2) is 34.7 Å². The molecule has 0 spiro atoms. The zero-order valence-corrected chi connectivity index (χ0v) is 17.3. The molecule has 1 aliphatic heterocycles. The molecular weight excluding hydrogens is 420 g/mol. The molecule has 0 saturated carbocycles. The Morgan fingerprint density at radius 2 is 1.90 bits per heavy atom. The Morgan fingerprint density at radius 1 is 1.10 bits per heavy atom. The summed E-state index contributed by atoms with van der Waals surface area (Å²) in [6, 6.07) is 14.9. The van der Waals surface area contributed by atoms with Crippen molar-refractivity contribution in [3.63, 3.8) is 0 Å². The van der Waals surface area contributed by atoms with Crippen LogP contribution in [0.4, 0.5) is 0 Å².